The van der Waals surface area contributed by atoms with E-state index in [1.165, 1.54) is 25.7 Å². The van der Waals surface area contributed by atoms with Gasteiger partial charge in [0.1, 0.15) is 0 Å². The first kappa shape index (κ1) is 11.9. The van der Waals surface area contributed by atoms with Crippen LogP contribution in [0.15, 0.2) is 0 Å². The van der Waals surface area contributed by atoms with Crippen LogP contribution in [0.25, 0.3) is 0 Å². The Kier molecular flexibility index (Phi) is 3.17. The van der Waals surface area contributed by atoms with Crippen molar-refractivity contribution in [3.63, 3.8) is 0 Å². The Labute approximate surface area is 104 Å². The maximum Gasteiger partial charge on any atom is 0.281 e. The van der Waals surface area contributed by atoms with E-state index in [4.69, 9.17) is 0 Å². The van der Waals surface area contributed by atoms with Gasteiger partial charge in [0.05, 0.1) is 0 Å². The fourth-order valence-electron chi connectivity index (χ4n) is 3.64. The van der Waals surface area contributed by atoms with Crippen LogP contribution in [0.3, 0.4) is 0 Å². The second-order valence-corrected chi connectivity index (χ2v) is 7.66. The molecule has 2 unspecified atom stereocenters. The molecule has 0 spiro atoms. The summed E-state index contributed by atoms with van der Waals surface area (Å²) in [5.74, 6) is 1.30. The van der Waals surface area contributed by atoms with E-state index in [9.17, 15) is 8.42 Å². The molecule has 2 atom stereocenters. The van der Waals surface area contributed by atoms with Crippen molar-refractivity contribution in [2.75, 3.05) is 26.2 Å². The van der Waals surface area contributed by atoms with E-state index >= 15 is 0 Å². The van der Waals surface area contributed by atoms with Crippen molar-refractivity contribution >= 4 is 10.2 Å². The molecule has 2 aliphatic heterocycles. The largest absolute Gasteiger partial charge is 0.281 e. The van der Waals surface area contributed by atoms with E-state index in [0.717, 1.165) is 39.0 Å². The van der Waals surface area contributed by atoms with Crippen LogP contribution in [0.1, 0.15) is 38.5 Å². The summed E-state index contributed by atoms with van der Waals surface area (Å²) in [6.45, 7) is 3.02. The van der Waals surface area contributed by atoms with Crippen molar-refractivity contribution in [1.29, 1.82) is 0 Å². The number of piperidine rings is 1. The lowest BCUT2D eigenvalue weighted by Gasteiger charge is -2.30. The summed E-state index contributed by atoms with van der Waals surface area (Å²) in [7, 11) is -3.14. The molecule has 0 aromatic heterocycles. The predicted octanol–water partition coefficient (Wildman–Crippen LogP) is 1.45. The molecule has 1 saturated carbocycles. The highest BCUT2D eigenvalue weighted by molar-refractivity contribution is 7.86. The van der Waals surface area contributed by atoms with Gasteiger partial charge in [0, 0.05) is 26.2 Å². The first-order valence-corrected chi connectivity index (χ1v) is 8.33. The van der Waals surface area contributed by atoms with Gasteiger partial charge in [0.25, 0.3) is 10.2 Å². The third-order valence-electron chi connectivity index (χ3n) is 4.66. The van der Waals surface area contributed by atoms with Gasteiger partial charge < -0.3 is 0 Å². The van der Waals surface area contributed by atoms with Gasteiger partial charge in [-0.25, -0.2) is 0 Å². The maximum atomic E-state index is 12.5. The number of nitrogens with zero attached hydrogens (tertiary/aromatic N) is 2. The van der Waals surface area contributed by atoms with Gasteiger partial charge in [-0.2, -0.15) is 17.0 Å². The quantitative estimate of drug-likeness (QED) is 0.752. The summed E-state index contributed by atoms with van der Waals surface area (Å²) < 4.78 is 28.4. The minimum atomic E-state index is -3.14. The highest BCUT2D eigenvalue weighted by Gasteiger charge is 2.42. The Morgan fingerprint density at radius 1 is 0.765 bits per heavy atom. The van der Waals surface area contributed by atoms with E-state index in [1.807, 2.05) is 0 Å². The summed E-state index contributed by atoms with van der Waals surface area (Å²) in [5, 5.41) is 0. The molecule has 0 aromatic carbocycles. The van der Waals surface area contributed by atoms with E-state index in [2.05, 4.69) is 0 Å². The fourth-order valence-corrected chi connectivity index (χ4v) is 5.45. The summed E-state index contributed by atoms with van der Waals surface area (Å²) in [5.41, 5.74) is 0. The van der Waals surface area contributed by atoms with Crippen LogP contribution < -0.4 is 0 Å². The third-order valence-corrected chi connectivity index (χ3v) is 6.63. The third kappa shape index (κ3) is 2.13. The molecular weight excluding hydrogens is 236 g/mol. The van der Waals surface area contributed by atoms with Crippen LogP contribution in [-0.2, 0) is 10.2 Å². The molecule has 0 radical (unpaired) electrons. The second kappa shape index (κ2) is 4.52. The van der Waals surface area contributed by atoms with Crippen molar-refractivity contribution < 1.29 is 8.42 Å². The molecule has 0 N–H and O–H groups in total. The summed E-state index contributed by atoms with van der Waals surface area (Å²) >= 11 is 0. The molecule has 17 heavy (non-hydrogen) atoms. The molecule has 2 saturated heterocycles. The van der Waals surface area contributed by atoms with Crippen LogP contribution in [0.4, 0.5) is 0 Å². The minimum Gasteiger partial charge on any atom is -0.195 e. The Balaban J connectivity index is 1.70. The fraction of sp³-hybridized carbons (Fsp3) is 1.00. The van der Waals surface area contributed by atoms with Crippen LogP contribution in [0.5, 0.6) is 0 Å². The van der Waals surface area contributed by atoms with Gasteiger partial charge in [0.2, 0.25) is 0 Å². The smallest absolute Gasteiger partial charge is 0.195 e. The van der Waals surface area contributed by atoms with Gasteiger partial charge in [-0.3, -0.25) is 0 Å². The highest BCUT2D eigenvalue weighted by Crippen LogP contribution is 2.39. The average molecular weight is 258 g/mol. The molecule has 0 amide bonds. The first-order valence-electron chi connectivity index (χ1n) is 6.93. The Bertz CT molecular complexity index is 364. The van der Waals surface area contributed by atoms with Crippen molar-refractivity contribution in [2.45, 2.75) is 38.5 Å². The van der Waals surface area contributed by atoms with Gasteiger partial charge in [-0.1, -0.05) is 12.8 Å². The molecular formula is C12H22N2O2S. The van der Waals surface area contributed by atoms with Gasteiger partial charge >= 0.3 is 0 Å². The lowest BCUT2D eigenvalue weighted by atomic mass is 10.0. The molecule has 3 fully saturated rings. The molecule has 2 heterocycles. The zero-order valence-corrected chi connectivity index (χ0v) is 11.2. The van der Waals surface area contributed by atoms with Crippen LogP contribution >= 0.6 is 0 Å². The second-order valence-electron chi connectivity index (χ2n) is 5.74. The lowest BCUT2D eigenvalue weighted by molar-refractivity contribution is 0.311. The highest BCUT2D eigenvalue weighted by atomic mass is 32.2. The summed E-state index contributed by atoms with van der Waals surface area (Å²) in [6, 6.07) is 0. The van der Waals surface area contributed by atoms with Gasteiger partial charge in [0.15, 0.2) is 0 Å². The number of hydrogen-bond acceptors (Lipinski definition) is 2. The summed E-state index contributed by atoms with van der Waals surface area (Å²) in [6.07, 6.45) is 7.00. The number of fused-ring (bicyclic) bond motifs is 1. The Morgan fingerprint density at radius 3 is 1.94 bits per heavy atom. The van der Waals surface area contributed by atoms with Gasteiger partial charge in [-0.05, 0) is 37.5 Å². The van der Waals surface area contributed by atoms with Crippen molar-refractivity contribution in [3.8, 4) is 0 Å². The van der Waals surface area contributed by atoms with E-state index in [1.54, 1.807) is 8.61 Å². The van der Waals surface area contributed by atoms with Crippen LogP contribution in [-0.4, -0.2) is 43.2 Å². The Morgan fingerprint density at radius 2 is 1.35 bits per heavy atom. The molecule has 0 aromatic rings. The molecule has 5 heteroatoms. The first-order chi connectivity index (χ1) is 8.18. The molecule has 1 aliphatic carbocycles. The minimum absolute atomic E-state index is 0.648. The van der Waals surface area contributed by atoms with Crippen LogP contribution in [0, 0.1) is 11.8 Å². The van der Waals surface area contributed by atoms with E-state index in [-0.39, 0.29) is 0 Å². The zero-order valence-electron chi connectivity index (χ0n) is 10.3. The van der Waals surface area contributed by atoms with Crippen molar-refractivity contribution in [1.82, 2.24) is 8.61 Å². The van der Waals surface area contributed by atoms with E-state index in [0.29, 0.717) is 11.8 Å². The lowest BCUT2D eigenvalue weighted by Crippen LogP contribution is -2.45. The number of rotatable bonds is 2. The monoisotopic (exact) mass is 258 g/mol. The molecule has 0 bridgehead atoms. The van der Waals surface area contributed by atoms with Crippen LogP contribution in [0.2, 0.25) is 0 Å². The summed E-state index contributed by atoms with van der Waals surface area (Å²) in [4.78, 5) is 0. The molecule has 4 nitrogen and oxygen atoms in total. The number of hydrogen-bond donors (Lipinski definition) is 0. The standard InChI is InChI=1S/C12H22N2O2S/c15-17(16,13-7-2-1-3-8-13)14-9-11-5-4-6-12(11)10-14/h11-12H,1-10H2. The predicted molar refractivity (Wildman–Crippen MR) is 66.7 cm³/mol. The topological polar surface area (TPSA) is 40.6 Å². The van der Waals surface area contributed by atoms with Crippen molar-refractivity contribution in [2.24, 2.45) is 11.8 Å². The Hall–Kier alpha value is -0.130. The van der Waals surface area contributed by atoms with Gasteiger partial charge in [-0.15, -0.1) is 0 Å². The maximum absolute atomic E-state index is 12.5. The molecule has 3 rings (SSSR count). The normalized spacial score (nSPS) is 36.2. The average Bonchev–Trinajstić information content (AvgIpc) is 2.90. The van der Waals surface area contributed by atoms with E-state index < -0.39 is 10.2 Å². The SMILES string of the molecule is O=S(=O)(N1CCCCC1)N1CC2CCCC2C1. The molecule has 3 aliphatic rings. The van der Waals surface area contributed by atoms with Crippen molar-refractivity contribution in [3.05, 3.63) is 0 Å². The molecule has 98 valence electrons. The zero-order chi connectivity index (χ0) is 11.9.